The maximum atomic E-state index is 12.3. The summed E-state index contributed by atoms with van der Waals surface area (Å²) in [6.45, 7) is 3.42. The number of aromatic nitrogens is 2. The third kappa shape index (κ3) is 2.52. The van der Waals surface area contributed by atoms with Gasteiger partial charge >= 0.3 is 12.0 Å². The van der Waals surface area contributed by atoms with Crippen LogP contribution in [0.1, 0.15) is 28.5 Å². The van der Waals surface area contributed by atoms with Crippen LogP contribution in [0.25, 0.3) is 0 Å². The molecule has 1 aromatic heterocycles. The molecule has 0 atom stereocenters. The van der Waals surface area contributed by atoms with Gasteiger partial charge in [0.05, 0.1) is 5.69 Å². The maximum Gasteiger partial charge on any atom is 0.358 e. The molecule has 7 heteroatoms. The van der Waals surface area contributed by atoms with E-state index in [1.54, 1.807) is 4.90 Å². The molecule has 2 amide bonds. The molecule has 0 aliphatic carbocycles. The van der Waals surface area contributed by atoms with Gasteiger partial charge < -0.3 is 15.3 Å². The van der Waals surface area contributed by atoms with Crippen molar-refractivity contribution in [3.8, 4) is 0 Å². The molecular weight excluding hydrogens is 284 g/mol. The Morgan fingerprint density at radius 1 is 1.27 bits per heavy atom. The van der Waals surface area contributed by atoms with E-state index in [1.807, 2.05) is 31.2 Å². The Hall–Kier alpha value is -2.83. The molecule has 3 rings (SSSR count). The zero-order valence-electron chi connectivity index (χ0n) is 12.1. The summed E-state index contributed by atoms with van der Waals surface area (Å²) in [6, 6.07) is 7.53. The van der Waals surface area contributed by atoms with E-state index in [1.165, 1.54) is 10.9 Å². The third-order valence-corrected chi connectivity index (χ3v) is 3.66. The molecule has 22 heavy (non-hydrogen) atoms. The van der Waals surface area contributed by atoms with Crippen molar-refractivity contribution in [1.82, 2.24) is 14.7 Å². The zero-order chi connectivity index (χ0) is 15.7. The Balaban J connectivity index is 1.76. The summed E-state index contributed by atoms with van der Waals surface area (Å²) in [7, 11) is 0. The van der Waals surface area contributed by atoms with Gasteiger partial charge in [-0.25, -0.2) is 9.59 Å². The van der Waals surface area contributed by atoms with Crippen molar-refractivity contribution in [2.24, 2.45) is 0 Å². The van der Waals surface area contributed by atoms with Gasteiger partial charge in [-0.05, 0) is 18.1 Å². The van der Waals surface area contributed by atoms with E-state index in [9.17, 15) is 9.59 Å². The summed E-state index contributed by atoms with van der Waals surface area (Å²) < 4.78 is 1.48. The highest BCUT2D eigenvalue weighted by atomic mass is 16.4. The van der Waals surface area contributed by atoms with Crippen LogP contribution in [0.3, 0.4) is 0 Å². The fourth-order valence-corrected chi connectivity index (χ4v) is 2.50. The van der Waals surface area contributed by atoms with Crippen molar-refractivity contribution in [3.05, 3.63) is 47.3 Å². The van der Waals surface area contributed by atoms with Gasteiger partial charge in [-0.15, -0.1) is 0 Å². The van der Waals surface area contributed by atoms with Crippen LogP contribution < -0.4 is 5.32 Å². The predicted molar refractivity (Wildman–Crippen MR) is 79.6 cm³/mol. The SMILES string of the molecule is CCn1cc(NC(=O)N2Cc3ccccc3C2)c(C(=O)O)n1. The summed E-state index contributed by atoms with van der Waals surface area (Å²) in [5.74, 6) is -1.16. The summed E-state index contributed by atoms with van der Waals surface area (Å²) in [5.41, 5.74) is 2.29. The Morgan fingerprint density at radius 2 is 1.91 bits per heavy atom. The molecule has 2 N–H and O–H groups in total. The molecule has 1 aliphatic heterocycles. The minimum atomic E-state index is -1.16. The number of rotatable bonds is 3. The van der Waals surface area contributed by atoms with Crippen LogP contribution in [0, 0.1) is 0 Å². The molecule has 114 valence electrons. The van der Waals surface area contributed by atoms with E-state index < -0.39 is 5.97 Å². The van der Waals surface area contributed by atoms with Crippen molar-refractivity contribution >= 4 is 17.7 Å². The van der Waals surface area contributed by atoms with Crippen LogP contribution in [0.15, 0.2) is 30.5 Å². The van der Waals surface area contributed by atoms with E-state index in [0.717, 1.165) is 11.1 Å². The Bertz CT molecular complexity index is 713. The minimum absolute atomic E-state index is 0.146. The molecule has 1 aliphatic rings. The second-order valence-corrected chi connectivity index (χ2v) is 5.11. The van der Waals surface area contributed by atoms with Crippen LogP contribution in [-0.4, -0.2) is 31.8 Å². The smallest absolute Gasteiger partial charge is 0.358 e. The molecule has 0 spiro atoms. The van der Waals surface area contributed by atoms with Crippen LogP contribution in [-0.2, 0) is 19.6 Å². The molecule has 7 nitrogen and oxygen atoms in total. The summed E-state index contributed by atoms with van der Waals surface area (Å²) in [4.78, 5) is 25.2. The van der Waals surface area contributed by atoms with Gasteiger partial charge in [-0.1, -0.05) is 24.3 Å². The Morgan fingerprint density at radius 3 is 2.45 bits per heavy atom. The molecular formula is C15H16N4O3. The number of hydrogen-bond donors (Lipinski definition) is 2. The van der Waals surface area contributed by atoms with E-state index in [-0.39, 0.29) is 17.4 Å². The van der Waals surface area contributed by atoms with E-state index in [4.69, 9.17) is 5.11 Å². The number of carboxylic acids is 1. The molecule has 0 unspecified atom stereocenters. The van der Waals surface area contributed by atoms with Crippen LogP contribution >= 0.6 is 0 Å². The lowest BCUT2D eigenvalue weighted by molar-refractivity contribution is 0.0690. The third-order valence-electron chi connectivity index (χ3n) is 3.66. The summed E-state index contributed by atoms with van der Waals surface area (Å²) in [6.07, 6.45) is 1.53. The average Bonchev–Trinajstić information content (AvgIpc) is 3.10. The highest BCUT2D eigenvalue weighted by Crippen LogP contribution is 2.23. The number of carboxylic acid groups (broad SMARTS) is 1. The average molecular weight is 300 g/mol. The number of nitrogens with zero attached hydrogens (tertiary/aromatic N) is 3. The maximum absolute atomic E-state index is 12.3. The number of amides is 2. The molecule has 1 aromatic carbocycles. The summed E-state index contributed by atoms with van der Waals surface area (Å²) >= 11 is 0. The topological polar surface area (TPSA) is 87.5 Å². The van der Waals surface area contributed by atoms with Gasteiger partial charge in [0.25, 0.3) is 0 Å². The lowest BCUT2D eigenvalue weighted by atomic mass is 10.1. The zero-order valence-corrected chi connectivity index (χ0v) is 12.1. The standard InChI is InChI=1S/C15H16N4O3/c1-2-19-9-12(13(17-19)14(20)21)16-15(22)18-7-10-5-3-4-6-11(10)8-18/h3-6,9H,2,7-8H2,1H3,(H,16,22)(H,20,21). The summed E-state index contributed by atoms with van der Waals surface area (Å²) in [5, 5.41) is 15.7. The van der Waals surface area contributed by atoms with Crippen molar-refractivity contribution < 1.29 is 14.7 Å². The van der Waals surface area contributed by atoms with Gasteiger partial charge in [-0.2, -0.15) is 5.10 Å². The molecule has 0 fully saturated rings. The quantitative estimate of drug-likeness (QED) is 0.909. The molecule has 0 saturated heterocycles. The first-order valence-corrected chi connectivity index (χ1v) is 7.02. The first kappa shape index (κ1) is 14.1. The van der Waals surface area contributed by atoms with Crippen molar-refractivity contribution in [3.63, 3.8) is 0 Å². The molecule has 2 aromatic rings. The van der Waals surface area contributed by atoms with Crippen LogP contribution in [0.5, 0.6) is 0 Å². The number of aryl methyl sites for hydroxylation is 1. The van der Waals surface area contributed by atoms with E-state index in [0.29, 0.717) is 19.6 Å². The fourth-order valence-electron chi connectivity index (χ4n) is 2.50. The number of carbonyl (C=O) groups excluding carboxylic acids is 1. The fraction of sp³-hybridized carbons (Fsp3) is 0.267. The number of urea groups is 1. The monoisotopic (exact) mass is 300 g/mol. The van der Waals surface area contributed by atoms with E-state index >= 15 is 0 Å². The molecule has 0 saturated carbocycles. The van der Waals surface area contributed by atoms with Gasteiger partial charge in [0.1, 0.15) is 0 Å². The highest BCUT2D eigenvalue weighted by molar-refractivity contribution is 5.98. The van der Waals surface area contributed by atoms with Crippen molar-refractivity contribution in [2.75, 3.05) is 5.32 Å². The second-order valence-electron chi connectivity index (χ2n) is 5.11. The van der Waals surface area contributed by atoms with Gasteiger partial charge in [0.15, 0.2) is 5.69 Å². The van der Waals surface area contributed by atoms with Crippen molar-refractivity contribution in [1.29, 1.82) is 0 Å². The molecule has 0 radical (unpaired) electrons. The second kappa shape index (κ2) is 5.51. The molecule has 0 bridgehead atoms. The van der Waals surface area contributed by atoms with Crippen LogP contribution in [0.4, 0.5) is 10.5 Å². The number of aromatic carboxylic acids is 1. The van der Waals surface area contributed by atoms with Crippen molar-refractivity contribution in [2.45, 2.75) is 26.6 Å². The van der Waals surface area contributed by atoms with Gasteiger partial charge in [0, 0.05) is 25.8 Å². The van der Waals surface area contributed by atoms with Gasteiger partial charge in [-0.3, -0.25) is 4.68 Å². The first-order valence-electron chi connectivity index (χ1n) is 7.02. The van der Waals surface area contributed by atoms with Crippen LogP contribution in [0.2, 0.25) is 0 Å². The molecule has 2 heterocycles. The Labute approximate surface area is 127 Å². The Kier molecular flexibility index (Phi) is 3.54. The minimum Gasteiger partial charge on any atom is -0.476 e. The van der Waals surface area contributed by atoms with Gasteiger partial charge in [0.2, 0.25) is 0 Å². The number of anilines is 1. The lowest BCUT2D eigenvalue weighted by Crippen LogP contribution is -2.30. The highest BCUT2D eigenvalue weighted by Gasteiger charge is 2.25. The predicted octanol–water partition coefficient (Wildman–Crippen LogP) is 2.15. The number of carbonyl (C=O) groups is 2. The first-order chi connectivity index (χ1) is 10.6. The number of benzene rings is 1. The lowest BCUT2D eigenvalue weighted by Gasteiger charge is -2.15. The number of hydrogen-bond acceptors (Lipinski definition) is 3. The number of nitrogens with one attached hydrogen (secondary N) is 1. The number of fused-ring (bicyclic) bond motifs is 1. The largest absolute Gasteiger partial charge is 0.476 e. The normalized spacial score (nSPS) is 13.0. The van der Waals surface area contributed by atoms with E-state index in [2.05, 4.69) is 10.4 Å².